The highest BCUT2D eigenvalue weighted by Gasteiger charge is 2.18. The van der Waals surface area contributed by atoms with Crippen LogP contribution in [0.5, 0.6) is 5.75 Å². The van der Waals surface area contributed by atoms with E-state index in [0.29, 0.717) is 23.8 Å². The molecule has 1 aromatic carbocycles. The molecule has 0 radical (unpaired) electrons. The largest absolute Gasteiger partial charge is 0.493 e. The van der Waals surface area contributed by atoms with Gasteiger partial charge in [-0.1, -0.05) is 6.42 Å². The molecule has 0 amide bonds. The Balaban J connectivity index is 1.99. The molecule has 0 aromatic heterocycles. The smallest absolute Gasteiger partial charge is 0.235 e. The average Bonchev–Trinajstić information content (AvgIpc) is 2.23. The molecule has 0 bridgehead atoms. The lowest BCUT2D eigenvalue weighted by Crippen LogP contribution is -2.19. The van der Waals surface area contributed by atoms with Crippen LogP contribution < -0.4 is 4.74 Å². The quantitative estimate of drug-likeness (QED) is 0.581. The SMILES string of the molecule is O=C=NCc1cc(F)cc(OCC2CCC2)c1. The Hall–Kier alpha value is -1.67. The number of halogens is 1. The van der Waals surface area contributed by atoms with Crippen LogP contribution in [0.1, 0.15) is 24.8 Å². The fourth-order valence-electron chi connectivity index (χ4n) is 1.79. The van der Waals surface area contributed by atoms with Gasteiger partial charge in [0, 0.05) is 6.07 Å². The Kier molecular flexibility index (Phi) is 3.89. The fourth-order valence-corrected chi connectivity index (χ4v) is 1.79. The molecule has 1 saturated carbocycles. The minimum atomic E-state index is -0.368. The van der Waals surface area contributed by atoms with Crippen LogP contribution in [0.3, 0.4) is 0 Å². The third-order valence-corrected chi connectivity index (χ3v) is 2.97. The number of isocyanates is 1. The molecule has 1 fully saturated rings. The highest BCUT2D eigenvalue weighted by Crippen LogP contribution is 2.27. The highest BCUT2D eigenvalue weighted by atomic mass is 19.1. The van der Waals surface area contributed by atoms with E-state index in [1.807, 2.05) is 0 Å². The summed E-state index contributed by atoms with van der Waals surface area (Å²) in [5.41, 5.74) is 0.622. The standard InChI is InChI=1S/C13H14FNO2/c14-12-4-11(7-15-9-16)5-13(6-12)17-8-10-2-1-3-10/h4-6,10H,1-3,7-8H2. The van der Waals surface area contributed by atoms with Crippen molar-refractivity contribution in [1.82, 2.24) is 0 Å². The molecule has 0 heterocycles. The van der Waals surface area contributed by atoms with Crippen molar-refractivity contribution >= 4 is 6.08 Å². The first-order valence-corrected chi connectivity index (χ1v) is 5.74. The number of nitrogens with zero attached hydrogens (tertiary/aromatic N) is 1. The topological polar surface area (TPSA) is 38.7 Å². The molecule has 0 saturated heterocycles. The van der Waals surface area contributed by atoms with E-state index in [1.54, 1.807) is 6.07 Å². The van der Waals surface area contributed by atoms with Crippen molar-refractivity contribution in [3.8, 4) is 5.75 Å². The molecule has 1 aliphatic rings. The van der Waals surface area contributed by atoms with Gasteiger partial charge in [-0.2, -0.15) is 0 Å². The number of ether oxygens (including phenoxy) is 1. The summed E-state index contributed by atoms with van der Waals surface area (Å²) in [6.07, 6.45) is 5.08. The van der Waals surface area contributed by atoms with Gasteiger partial charge >= 0.3 is 0 Å². The summed E-state index contributed by atoms with van der Waals surface area (Å²) in [6, 6.07) is 4.41. The van der Waals surface area contributed by atoms with E-state index >= 15 is 0 Å². The van der Waals surface area contributed by atoms with Crippen LogP contribution in [0.4, 0.5) is 4.39 Å². The van der Waals surface area contributed by atoms with Crippen LogP contribution in [0, 0.1) is 11.7 Å². The van der Waals surface area contributed by atoms with Crippen LogP contribution in [0.15, 0.2) is 23.2 Å². The monoisotopic (exact) mass is 235 g/mol. The number of carbonyl (C=O) groups excluding carboxylic acids is 1. The van der Waals surface area contributed by atoms with E-state index in [4.69, 9.17) is 4.74 Å². The fraction of sp³-hybridized carbons (Fsp3) is 0.462. The Bertz CT molecular complexity index is 437. The van der Waals surface area contributed by atoms with Gasteiger partial charge in [0.05, 0.1) is 13.2 Å². The molecule has 4 heteroatoms. The number of hydrogen-bond donors (Lipinski definition) is 0. The lowest BCUT2D eigenvalue weighted by Gasteiger charge is -2.25. The number of hydrogen-bond acceptors (Lipinski definition) is 3. The predicted molar refractivity (Wildman–Crippen MR) is 61.1 cm³/mol. The van der Waals surface area contributed by atoms with Gasteiger partial charge in [0.25, 0.3) is 0 Å². The zero-order valence-corrected chi connectivity index (χ0v) is 9.49. The van der Waals surface area contributed by atoms with E-state index in [9.17, 15) is 9.18 Å². The first-order valence-electron chi connectivity index (χ1n) is 5.74. The molecule has 0 aliphatic heterocycles. The van der Waals surface area contributed by atoms with Crippen molar-refractivity contribution < 1.29 is 13.9 Å². The summed E-state index contributed by atoms with van der Waals surface area (Å²) in [4.78, 5) is 13.4. The summed E-state index contributed by atoms with van der Waals surface area (Å²) in [7, 11) is 0. The maximum atomic E-state index is 13.3. The van der Waals surface area contributed by atoms with Crippen molar-refractivity contribution in [1.29, 1.82) is 0 Å². The van der Waals surface area contributed by atoms with Gasteiger partial charge in [-0.3, -0.25) is 0 Å². The second-order valence-corrected chi connectivity index (χ2v) is 4.31. The molecule has 0 unspecified atom stereocenters. The van der Waals surface area contributed by atoms with Crippen molar-refractivity contribution in [3.05, 3.63) is 29.6 Å². The van der Waals surface area contributed by atoms with Gasteiger partial charge in [0.2, 0.25) is 6.08 Å². The van der Waals surface area contributed by atoms with Gasteiger partial charge in [-0.15, -0.1) is 0 Å². The van der Waals surface area contributed by atoms with E-state index in [-0.39, 0.29) is 12.4 Å². The summed E-state index contributed by atoms with van der Waals surface area (Å²) in [6.45, 7) is 0.779. The Labute approximate surface area is 99.3 Å². The Morgan fingerprint density at radius 3 is 2.88 bits per heavy atom. The summed E-state index contributed by atoms with van der Waals surface area (Å²) < 4.78 is 18.8. The van der Waals surface area contributed by atoms with Gasteiger partial charge in [0.1, 0.15) is 11.6 Å². The summed E-state index contributed by atoms with van der Waals surface area (Å²) in [5, 5.41) is 0. The third kappa shape index (κ3) is 3.40. The Morgan fingerprint density at radius 2 is 2.24 bits per heavy atom. The van der Waals surface area contributed by atoms with Crippen LogP contribution in [0.2, 0.25) is 0 Å². The molecule has 90 valence electrons. The first kappa shape index (κ1) is 11.8. The minimum Gasteiger partial charge on any atom is -0.493 e. The normalized spacial score (nSPS) is 14.9. The van der Waals surface area contributed by atoms with Crippen LogP contribution >= 0.6 is 0 Å². The van der Waals surface area contributed by atoms with E-state index in [2.05, 4.69) is 4.99 Å². The molecule has 2 rings (SSSR count). The second kappa shape index (κ2) is 5.60. The van der Waals surface area contributed by atoms with E-state index in [0.717, 1.165) is 0 Å². The van der Waals surface area contributed by atoms with Crippen molar-refractivity contribution in [2.24, 2.45) is 10.9 Å². The van der Waals surface area contributed by atoms with Crippen LogP contribution in [-0.2, 0) is 11.3 Å². The first-order chi connectivity index (χ1) is 8.28. The van der Waals surface area contributed by atoms with E-state index < -0.39 is 0 Å². The van der Waals surface area contributed by atoms with Gasteiger partial charge < -0.3 is 4.74 Å². The zero-order chi connectivity index (χ0) is 12.1. The third-order valence-electron chi connectivity index (χ3n) is 2.97. The molecule has 0 N–H and O–H groups in total. The second-order valence-electron chi connectivity index (χ2n) is 4.31. The van der Waals surface area contributed by atoms with E-state index in [1.165, 1.54) is 37.5 Å². The Morgan fingerprint density at radius 1 is 1.41 bits per heavy atom. The molecular formula is C13H14FNO2. The molecule has 17 heavy (non-hydrogen) atoms. The van der Waals surface area contributed by atoms with Crippen LogP contribution in [-0.4, -0.2) is 12.7 Å². The van der Waals surface area contributed by atoms with Gasteiger partial charge in [0.15, 0.2) is 0 Å². The number of benzene rings is 1. The average molecular weight is 235 g/mol. The van der Waals surface area contributed by atoms with Crippen molar-refractivity contribution in [2.75, 3.05) is 6.61 Å². The molecule has 0 spiro atoms. The highest BCUT2D eigenvalue weighted by molar-refractivity contribution is 5.35. The summed E-state index contributed by atoms with van der Waals surface area (Å²) >= 11 is 0. The number of rotatable bonds is 5. The summed E-state index contributed by atoms with van der Waals surface area (Å²) in [5.74, 6) is 0.745. The maximum absolute atomic E-state index is 13.3. The van der Waals surface area contributed by atoms with Gasteiger partial charge in [-0.05, 0) is 36.5 Å². The molecule has 0 atom stereocenters. The molecule has 1 aliphatic carbocycles. The lowest BCUT2D eigenvalue weighted by molar-refractivity contribution is 0.180. The molecule has 1 aromatic rings. The zero-order valence-electron chi connectivity index (χ0n) is 9.49. The van der Waals surface area contributed by atoms with Crippen molar-refractivity contribution in [3.63, 3.8) is 0 Å². The van der Waals surface area contributed by atoms with Gasteiger partial charge in [-0.25, -0.2) is 14.2 Å². The lowest BCUT2D eigenvalue weighted by atomic mass is 9.86. The maximum Gasteiger partial charge on any atom is 0.235 e. The van der Waals surface area contributed by atoms with Crippen LogP contribution in [0.25, 0.3) is 0 Å². The predicted octanol–water partition coefficient (Wildman–Crippen LogP) is 2.84. The minimum absolute atomic E-state index is 0.140. The molecular weight excluding hydrogens is 221 g/mol. The molecule has 3 nitrogen and oxygen atoms in total. The van der Waals surface area contributed by atoms with Crippen molar-refractivity contribution in [2.45, 2.75) is 25.8 Å². The number of aliphatic imine (C=N–C) groups is 1.